The Morgan fingerprint density at radius 1 is 1.05 bits per heavy atom. The molecular weight excluding hydrogens is 564 g/mol. The van der Waals surface area contributed by atoms with Gasteiger partial charge < -0.3 is 10.1 Å². The lowest BCUT2D eigenvalue weighted by Gasteiger charge is -2.36. The lowest BCUT2D eigenvalue weighted by Crippen LogP contribution is -2.41. The van der Waals surface area contributed by atoms with Crippen molar-refractivity contribution in [2.24, 2.45) is 0 Å². The highest BCUT2D eigenvalue weighted by Crippen LogP contribution is 2.38. The Labute approximate surface area is 226 Å². The van der Waals surface area contributed by atoms with E-state index in [0.29, 0.717) is 18.1 Å². The molecule has 0 aromatic heterocycles. The van der Waals surface area contributed by atoms with E-state index < -0.39 is 64.2 Å². The summed E-state index contributed by atoms with van der Waals surface area (Å²) in [5.41, 5.74) is -0.353. The first-order valence-electron chi connectivity index (χ1n) is 11.5. The molecule has 0 saturated heterocycles. The van der Waals surface area contributed by atoms with Crippen LogP contribution >= 0.6 is 11.6 Å². The van der Waals surface area contributed by atoms with Gasteiger partial charge in [0.15, 0.2) is 6.61 Å². The summed E-state index contributed by atoms with van der Waals surface area (Å²) in [6.07, 6.45) is -4.90. The van der Waals surface area contributed by atoms with Gasteiger partial charge in [-0.15, -0.1) is 0 Å². The van der Waals surface area contributed by atoms with Crippen molar-refractivity contribution in [1.29, 1.82) is 0 Å². The molecule has 0 bridgehead atoms. The van der Waals surface area contributed by atoms with E-state index in [9.17, 15) is 35.6 Å². The lowest BCUT2D eigenvalue weighted by molar-refractivity contribution is -0.148. The van der Waals surface area contributed by atoms with Crippen molar-refractivity contribution in [1.82, 2.24) is 4.31 Å². The monoisotopic (exact) mass is 584 g/mol. The first-order valence-corrected chi connectivity index (χ1v) is 13.4. The fourth-order valence-corrected chi connectivity index (χ4v) is 6.06. The van der Waals surface area contributed by atoms with Crippen LogP contribution in [0.5, 0.6) is 0 Å². The molecule has 39 heavy (non-hydrogen) atoms. The molecule has 0 fully saturated rings. The van der Waals surface area contributed by atoms with Crippen LogP contribution in [-0.2, 0) is 36.9 Å². The van der Waals surface area contributed by atoms with Gasteiger partial charge in [0.1, 0.15) is 5.82 Å². The largest absolute Gasteiger partial charge is 0.456 e. The number of hydrogen-bond acceptors (Lipinski definition) is 5. The third-order valence-corrected chi connectivity index (χ3v) is 8.23. The van der Waals surface area contributed by atoms with Crippen molar-refractivity contribution in [3.05, 3.63) is 94.3 Å². The van der Waals surface area contributed by atoms with Crippen molar-refractivity contribution in [2.45, 2.75) is 30.0 Å². The Hall–Kier alpha value is -3.48. The number of halogens is 5. The molecule has 0 unspecified atom stereocenters. The zero-order valence-electron chi connectivity index (χ0n) is 20.0. The molecule has 206 valence electrons. The second-order valence-electron chi connectivity index (χ2n) is 8.63. The van der Waals surface area contributed by atoms with E-state index in [1.807, 2.05) is 5.32 Å². The third kappa shape index (κ3) is 6.57. The first kappa shape index (κ1) is 28.5. The van der Waals surface area contributed by atoms with Crippen LogP contribution in [0.1, 0.15) is 29.2 Å². The van der Waals surface area contributed by atoms with Gasteiger partial charge in [-0.05, 0) is 60.0 Å². The molecule has 0 saturated carbocycles. The van der Waals surface area contributed by atoms with Crippen LogP contribution in [0.15, 0.2) is 71.6 Å². The average molecular weight is 585 g/mol. The van der Waals surface area contributed by atoms with Crippen molar-refractivity contribution in [3.8, 4) is 0 Å². The molecule has 1 amide bonds. The number of sulfonamides is 1. The van der Waals surface area contributed by atoms with Crippen LogP contribution in [0, 0.1) is 5.82 Å². The highest BCUT2D eigenvalue weighted by molar-refractivity contribution is 7.89. The highest BCUT2D eigenvalue weighted by Gasteiger charge is 2.38. The summed E-state index contributed by atoms with van der Waals surface area (Å²) in [6, 6.07) is 13.0. The van der Waals surface area contributed by atoms with Gasteiger partial charge in [0.25, 0.3) is 5.91 Å². The molecule has 1 N–H and O–H groups in total. The number of anilines is 1. The molecule has 0 spiro atoms. The minimum atomic E-state index is -4.79. The Morgan fingerprint density at radius 2 is 1.74 bits per heavy atom. The van der Waals surface area contributed by atoms with Crippen LogP contribution in [0.2, 0.25) is 5.02 Å². The highest BCUT2D eigenvalue weighted by atomic mass is 35.5. The van der Waals surface area contributed by atoms with Crippen LogP contribution in [0.4, 0.5) is 23.2 Å². The Kier molecular flexibility index (Phi) is 8.28. The number of amides is 1. The van der Waals surface area contributed by atoms with E-state index in [4.69, 9.17) is 16.3 Å². The standard InChI is InChI=1S/C26H21ClF4N2O5S/c27-17-5-10-22(21(13-17)26(29,30)31)32-24(34)15-38-25(35)14-23-20-4-2-1-3-16(20)11-12-33(23)39(36,37)19-8-6-18(28)7-9-19/h1-10,13,23H,11-12,14-15H2,(H,32,34)/t23-/m1/s1. The second-order valence-corrected chi connectivity index (χ2v) is 11.0. The molecule has 3 aromatic carbocycles. The smallest absolute Gasteiger partial charge is 0.418 e. The Balaban J connectivity index is 1.49. The van der Waals surface area contributed by atoms with Gasteiger partial charge >= 0.3 is 12.1 Å². The maximum Gasteiger partial charge on any atom is 0.418 e. The van der Waals surface area contributed by atoms with Gasteiger partial charge in [-0.2, -0.15) is 17.5 Å². The third-order valence-electron chi connectivity index (χ3n) is 6.07. The SMILES string of the molecule is O=C(COC(=O)C[C@@H]1c2ccccc2CCN1S(=O)(=O)c1ccc(F)cc1)Nc1ccc(Cl)cc1C(F)(F)F. The number of alkyl halides is 3. The summed E-state index contributed by atoms with van der Waals surface area (Å²) in [5.74, 6) is -2.59. The van der Waals surface area contributed by atoms with E-state index in [1.165, 1.54) is 0 Å². The first-order chi connectivity index (χ1) is 18.4. The van der Waals surface area contributed by atoms with Crippen molar-refractivity contribution in [3.63, 3.8) is 0 Å². The van der Waals surface area contributed by atoms with Gasteiger partial charge in [-0.3, -0.25) is 9.59 Å². The number of rotatable bonds is 7. The number of carbonyl (C=O) groups is 2. The van der Waals surface area contributed by atoms with Crippen molar-refractivity contribution in [2.75, 3.05) is 18.5 Å². The lowest BCUT2D eigenvalue weighted by atomic mass is 9.92. The fraction of sp³-hybridized carbons (Fsp3) is 0.231. The average Bonchev–Trinajstić information content (AvgIpc) is 2.88. The number of nitrogens with zero attached hydrogens (tertiary/aromatic N) is 1. The van der Waals surface area contributed by atoms with E-state index in [0.717, 1.165) is 46.3 Å². The fourth-order valence-electron chi connectivity index (χ4n) is 4.28. The maximum absolute atomic E-state index is 13.4. The van der Waals surface area contributed by atoms with Crippen LogP contribution in [0.25, 0.3) is 0 Å². The molecule has 1 aliphatic heterocycles. The van der Waals surface area contributed by atoms with Crippen LogP contribution < -0.4 is 5.32 Å². The Bertz CT molecular complexity index is 1500. The summed E-state index contributed by atoms with van der Waals surface area (Å²) in [6.45, 7) is -0.871. The van der Waals surface area contributed by atoms with Gasteiger partial charge in [-0.25, -0.2) is 12.8 Å². The number of carbonyl (C=O) groups excluding carboxylic acids is 2. The van der Waals surface area contributed by atoms with Gasteiger partial charge in [0.2, 0.25) is 10.0 Å². The molecule has 7 nitrogen and oxygen atoms in total. The van der Waals surface area contributed by atoms with E-state index in [2.05, 4.69) is 0 Å². The number of benzene rings is 3. The summed E-state index contributed by atoms with van der Waals surface area (Å²) in [7, 11) is -4.15. The number of esters is 1. The van der Waals surface area contributed by atoms with Gasteiger partial charge in [0, 0.05) is 11.6 Å². The van der Waals surface area contributed by atoms with Crippen molar-refractivity contribution < 1.29 is 40.3 Å². The minimum Gasteiger partial charge on any atom is -0.456 e. The minimum absolute atomic E-state index is 0.0337. The Morgan fingerprint density at radius 3 is 2.44 bits per heavy atom. The summed E-state index contributed by atoms with van der Waals surface area (Å²) in [5, 5.41) is 1.87. The van der Waals surface area contributed by atoms with E-state index in [-0.39, 0.29) is 16.5 Å². The molecular formula is C26H21ClF4N2O5S. The molecule has 0 radical (unpaired) electrons. The van der Waals surface area contributed by atoms with E-state index in [1.54, 1.807) is 24.3 Å². The zero-order valence-corrected chi connectivity index (χ0v) is 21.6. The second kappa shape index (κ2) is 11.3. The number of fused-ring (bicyclic) bond motifs is 1. The normalized spacial score (nSPS) is 15.9. The van der Waals surface area contributed by atoms with Crippen molar-refractivity contribution >= 4 is 39.2 Å². The molecule has 1 aliphatic rings. The number of hydrogen-bond donors (Lipinski definition) is 1. The predicted molar refractivity (Wildman–Crippen MR) is 134 cm³/mol. The quantitative estimate of drug-likeness (QED) is 0.298. The number of ether oxygens (including phenoxy) is 1. The van der Waals surface area contributed by atoms with Gasteiger partial charge in [-0.1, -0.05) is 35.9 Å². The summed E-state index contributed by atoms with van der Waals surface area (Å²) >= 11 is 5.64. The van der Waals surface area contributed by atoms with Crippen LogP contribution in [-0.4, -0.2) is 37.8 Å². The van der Waals surface area contributed by atoms with E-state index >= 15 is 0 Å². The molecule has 3 aromatic rings. The molecule has 13 heteroatoms. The molecule has 1 atom stereocenters. The van der Waals surface area contributed by atoms with Crippen LogP contribution in [0.3, 0.4) is 0 Å². The molecule has 0 aliphatic carbocycles. The number of nitrogens with one attached hydrogen (secondary N) is 1. The van der Waals surface area contributed by atoms with Gasteiger partial charge in [0.05, 0.1) is 28.6 Å². The molecule has 4 rings (SSSR count). The maximum atomic E-state index is 13.4. The summed E-state index contributed by atoms with van der Waals surface area (Å²) in [4.78, 5) is 24.9. The topological polar surface area (TPSA) is 92.8 Å². The zero-order chi connectivity index (χ0) is 28.4. The summed E-state index contributed by atoms with van der Waals surface area (Å²) < 4.78 is 86.1. The predicted octanol–water partition coefficient (Wildman–Crippen LogP) is 5.36. The molecule has 1 heterocycles.